The van der Waals surface area contributed by atoms with E-state index in [1.807, 2.05) is 14.0 Å². The minimum atomic E-state index is -0.144. The molecule has 0 spiro atoms. The van der Waals surface area contributed by atoms with Gasteiger partial charge in [0.15, 0.2) is 0 Å². The number of anilines is 1. The molecule has 0 radical (unpaired) electrons. The number of benzene rings is 1. The summed E-state index contributed by atoms with van der Waals surface area (Å²) in [6, 6.07) is 7.13. The fourth-order valence-electron chi connectivity index (χ4n) is 1.44. The van der Waals surface area contributed by atoms with Crippen LogP contribution in [0.3, 0.4) is 0 Å². The van der Waals surface area contributed by atoms with Gasteiger partial charge in [0.05, 0.1) is 0 Å². The fourth-order valence-corrected chi connectivity index (χ4v) is 1.44. The van der Waals surface area contributed by atoms with Crippen molar-refractivity contribution in [1.82, 2.24) is 10.6 Å². The van der Waals surface area contributed by atoms with Gasteiger partial charge in [0.2, 0.25) is 5.91 Å². The first kappa shape index (κ1) is 15.2. The molecule has 104 valence electrons. The number of likely N-dealkylation sites (N-methyl/N-ethyl adjacent to an activating group) is 1. The zero-order valence-corrected chi connectivity index (χ0v) is 11.6. The Morgan fingerprint density at radius 2 is 2.05 bits per heavy atom. The lowest BCUT2D eigenvalue weighted by atomic mass is 10.2. The van der Waals surface area contributed by atoms with Crippen LogP contribution < -0.4 is 16.0 Å². The Hall–Kier alpha value is -1.88. The number of hydrogen-bond donors (Lipinski definition) is 3. The quantitative estimate of drug-likeness (QED) is 0.726. The highest BCUT2D eigenvalue weighted by atomic mass is 16.2. The molecule has 0 heterocycles. The first-order valence-electron chi connectivity index (χ1n) is 6.42. The van der Waals surface area contributed by atoms with Gasteiger partial charge in [0, 0.05) is 30.3 Å². The van der Waals surface area contributed by atoms with Crippen LogP contribution in [-0.2, 0) is 4.79 Å². The number of nitrogens with one attached hydrogen (secondary N) is 3. The summed E-state index contributed by atoms with van der Waals surface area (Å²) in [7, 11) is 1.84. The summed E-state index contributed by atoms with van der Waals surface area (Å²) in [4.78, 5) is 23.2. The molecule has 0 aliphatic rings. The largest absolute Gasteiger partial charge is 0.350 e. The van der Waals surface area contributed by atoms with E-state index in [2.05, 4.69) is 16.0 Å². The Labute approximate surface area is 113 Å². The van der Waals surface area contributed by atoms with E-state index in [1.54, 1.807) is 31.2 Å². The van der Waals surface area contributed by atoms with Gasteiger partial charge in [-0.1, -0.05) is 13.0 Å². The molecule has 5 nitrogen and oxygen atoms in total. The molecule has 2 amide bonds. The summed E-state index contributed by atoms with van der Waals surface area (Å²) >= 11 is 0. The Balaban J connectivity index is 2.65. The van der Waals surface area contributed by atoms with Crippen molar-refractivity contribution in [2.75, 3.05) is 18.9 Å². The van der Waals surface area contributed by atoms with Gasteiger partial charge >= 0.3 is 0 Å². The van der Waals surface area contributed by atoms with Gasteiger partial charge in [-0.15, -0.1) is 0 Å². The SMILES string of the molecule is CCC(=O)Nc1cccc(C(=O)NCC(C)NC)c1. The minimum Gasteiger partial charge on any atom is -0.350 e. The summed E-state index contributed by atoms with van der Waals surface area (Å²) in [5, 5.41) is 8.61. The number of carbonyl (C=O) groups excluding carboxylic acids is 2. The Bertz CT molecular complexity index is 446. The molecule has 1 atom stereocenters. The second-order valence-corrected chi connectivity index (χ2v) is 4.38. The summed E-state index contributed by atoms with van der Waals surface area (Å²) < 4.78 is 0. The van der Waals surface area contributed by atoms with Gasteiger partial charge < -0.3 is 16.0 Å². The summed E-state index contributed by atoms with van der Waals surface area (Å²) in [5.74, 6) is -0.212. The molecule has 1 aromatic carbocycles. The van der Waals surface area contributed by atoms with Crippen molar-refractivity contribution in [2.24, 2.45) is 0 Å². The third-order valence-corrected chi connectivity index (χ3v) is 2.79. The van der Waals surface area contributed by atoms with Gasteiger partial charge in [-0.05, 0) is 32.2 Å². The second kappa shape index (κ2) is 7.53. The summed E-state index contributed by atoms with van der Waals surface area (Å²) in [5.41, 5.74) is 1.18. The molecule has 0 saturated carbocycles. The molecule has 1 aromatic rings. The van der Waals surface area contributed by atoms with Crippen molar-refractivity contribution >= 4 is 17.5 Å². The molecule has 0 aliphatic carbocycles. The van der Waals surface area contributed by atoms with E-state index in [0.29, 0.717) is 24.2 Å². The average molecular weight is 263 g/mol. The van der Waals surface area contributed by atoms with E-state index in [1.165, 1.54) is 0 Å². The molecule has 1 rings (SSSR count). The number of hydrogen-bond acceptors (Lipinski definition) is 3. The molecule has 0 bridgehead atoms. The monoisotopic (exact) mass is 263 g/mol. The van der Waals surface area contributed by atoms with Crippen LogP contribution in [0.4, 0.5) is 5.69 Å². The highest BCUT2D eigenvalue weighted by Crippen LogP contribution is 2.10. The van der Waals surface area contributed by atoms with Gasteiger partial charge in [0.1, 0.15) is 0 Å². The third-order valence-electron chi connectivity index (χ3n) is 2.79. The van der Waals surface area contributed by atoms with Crippen molar-refractivity contribution in [1.29, 1.82) is 0 Å². The predicted molar refractivity (Wildman–Crippen MR) is 76.2 cm³/mol. The van der Waals surface area contributed by atoms with E-state index >= 15 is 0 Å². The van der Waals surface area contributed by atoms with Crippen molar-refractivity contribution in [3.8, 4) is 0 Å². The van der Waals surface area contributed by atoms with Crippen LogP contribution in [0.15, 0.2) is 24.3 Å². The van der Waals surface area contributed by atoms with Gasteiger partial charge in [-0.2, -0.15) is 0 Å². The molecule has 19 heavy (non-hydrogen) atoms. The van der Waals surface area contributed by atoms with Crippen molar-refractivity contribution in [2.45, 2.75) is 26.3 Å². The predicted octanol–water partition coefficient (Wildman–Crippen LogP) is 1.37. The van der Waals surface area contributed by atoms with Gasteiger partial charge in [0.25, 0.3) is 5.91 Å². The number of amides is 2. The smallest absolute Gasteiger partial charge is 0.251 e. The van der Waals surface area contributed by atoms with Crippen molar-refractivity contribution in [3.05, 3.63) is 29.8 Å². The van der Waals surface area contributed by atoms with E-state index in [4.69, 9.17) is 0 Å². The molecule has 3 N–H and O–H groups in total. The lowest BCUT2D eigenvalue weighted by Gasteiger charge is -2.12. The fraction of sp³-hybridized carbons (Fsp3) is 0.429. The molecular weight excluding hydrogens is 242 g/mol. The maximum absolute atomic E-state index is 11.9. The van der Waals surface area contributed by atoms with Crippen LogP contribution >= 0.6 is 0 Å². The van der Waals surface area contributed by atoms with Crippen LogP contribution in [-0.4, -0.2) is 31.4 Å². The minimum absolute atomic E-state index is 0.0682. The zero-order chi connectivity index (χ0) is 14.3. The lowest BCUT2D eigenvalue weighted by molar-refractivity contribution is -0.115. The molecule has 1 unspecified atom stereocenters. The maximum Gasteiger partial charge on any atom is 0.251 e. The normalized spacial score (nSPS) is 11.7. The zero-order valence-electron chi connectivity index (χ0n) is 11.6. The van der Waals surface area contributed by atoms with Gasteiger partial charge in [-0.3, -0.25) is 9.59 Å². The molecule has 5 heteroatoms. The molecular formula is C14H21N3O2. The Kier molecular flexibility index (Phi) is 6.02. The van der Waals surface area contributed by atoms with Gasteiger partial charge in [-0.25, -0.2) is 0 Å². The van der Waals surface area contributed by atoms with Crippen molar-refractivity contribution < 1.29 is 9.59 Å². The maximum atomic E-state index is 11.9. The van der Waals surface area contributed by atoms with Crippen LogP contribution in [0.25, 0.3) is 0 Å². The molecule has 0 fully saturated rings. The van der Waals surface area contributed by atoms with Crippen molar-refractivity contribution in [3.63, 3.8) is 0 Å². The van der Waals surface area contributed by atoms with E-state index in [9.17, 15) is 9.59 Å². The van der Waals surface area contributed by atoms with Crippen LogP contribution in [0.1, 0.15) is 30.6 Å². The van der Waals surface area contributed by atoms with Crippen LogP contribution in [0.2, 0.25) is 0 Å². The molecule has 0 aromatic heterocycles. The average Bonchev–Trinajstić information content (AvgIpc) is 2.44. The first-order chi connectivity index (χ1) is 9.06. The Morgan fingerprint density at radius 3 is 2.68 bits per heavy atom. The second-order valence-electron chi connectivity index (χ2n) is 4.38. The topological polar surface area (TPSA) is 70.2 Å². The number of rotatable bonds is 6. The number of carbonyl (C=O) groups is 2. The van der Waals surface area contributed by atoms with E-state index in [0.717, 1.165) is 0 Å². The summed E-state index contributed by atoms with van der Waals surface area (Å²) in [6.07, 6.45) is 0.413. The Morgan fingerprint density at radius 1 is 1.32 bits per heavy atom. The summed E-state index contributed by atoms with van der Waals surface area (Å²) in [6.45, 7) is 4.32. The highest BCUT2D eigenvalue weighted by molar-refractivity contribution is 5.97. The van der Waals surface area contributed by atoms with Crippen LogP contribution in [0.5, 0.6) is 0 Å². The van der Waals surface area contributed by atoms with Crippen LogP contribution in [0, 0.1) is 0 Å². The lowest BCUT2D eigenvalue weighted by Crippen LogP contribution is -2.37. The highest BCUT2D eigenvalue weighted by Gasteiger charge is 2.08. The first-order valence-corrected chi connectivity index (χ1v) is 6.42. The van der Waals surface area contributed by atoms with E-state index in [-0.39, 0.29) is 17.9 Å². The standard InChI is InChI=1S/C14H21N3O2/c1-4-13(18)17-12-7-5-6-11(8-12)14(19)16-9-10(2)15-3/h5-8,10,15H,4,9H2,1-3H3,(H,16,19)(H,17,18). The molecule has 0 saturated heterocycles. The third kappa shape index (κ3) is 5.09. The van der Waals surface area contributed by atoms with E-state index < -0.39 is 0 Å². The molecule has 0 aliphatic heterocycles.